The Kier molecular flexibility index (Phi) is 5.84. The Balaban J connectivity index is 1.58. The molecule has 0 aromatic heterocycles. The minimum absolute atomic E-state index is 0.188. The first kappa shape index (κ1) is 18.7. The molecule has 0 bridgehead atoms. The van der Waals surface area contributed by atoms with Crippen molar-refractivity contribution in [3.63, 3.8) is 0 Å². The minimum atomic E-state index is -1.09. The Bertz CT molecular complexity index is 627. The zero-order valence-corrected chi connectivity index (χ0v) is 16.0. The third kappa shape index (κ3) is 4.37. The van der Waals surface area contributed by atoms with E-state index in [1.54, 1.807) is 13.8 Å². The maximum absolute atomic E-state index is 12.7. The van der Waals surface area contributed by atoms with Crippen molar-refractivity contribution in [2.45, 2.75) is 64.8 Å². The summed E-state index contributed by atoms with van der Waals surface area (Å²) in [6.07, 6.45) is 8.12. The molecule has 3 rings (SSSR count). The molecule has 2 fully saturated rings. The van der Waals surface area contributed by atoms with Crippen molar-refractivity contribution >= 4 is 23.2 Å². The molecule has 5 nitrogen and oxygen atoms in total. The predicted octanol–water partition coefficient (Wildman–Crippen LogP) is 3.70. The largest absolute Gasteiger partial charge is 0.372 e. The number of anilines is 2. The highest BCUT2D eigenvalue weighted by molar-refractivity contribution is 6.09. The second-order valence-electron chi connectivity index (χ2n) is 8.13. The van der Waals surface area contributed by atoms with Gasteiger partial charge in [0.05, 0.1) is 0 Å². The molecule has 5 heteroatoms. The number of nitrogens with zero attached hydrogens (tertiary/aromatic N) is 1. The molecular weight excluding hydrogens is 326 g/mol. The van der Waals surface area contributed by atoms with E-state index in [-0.39, 0.29) is 17.9 Å². The molecule has 1 aromatic carbocycles. The Morgan fingerprint density at radius 2 is 1.54 bits per heavy atom. The van der Waals surface area contributed by atoms with Gasteiger partial charge in [0.1, 0.15) is 5.41 Å². The van der Waals surface area contributed by atoms with Crippen molar-refractivity contribution in [2.75, 3.05) is 23.3 Å². The SMILES string of the molecule is CC(C)(C(=O)Nc1ccc(N2CCCCC2)cc1)C(=O)NC1CCCC1. The second-order valence-corrected chi connectivity index (χ2v) is 8.13. The third-order valence-electron chi connectivity index (χ3n) is 5.67. The topological polar surface area (TPSA) is 61.4 Å². The van der Waals surface area contributed by atoms with Crippen LogP contribution in [0.5, 0.6) is 0 Å². The zero-order chi connectivity index (χ0) is 18.6. The average molecular weight is 357 g/mol. The van der Waals surface area contributed by atoms with Crippen LogP contribution in [0.4, 0.5) is 11.4 Å². The molecule has 142 valence electrons. The lowest BCUT2D eigenvalue weighted by molar-refractivity contribution is -0.138. The summed E-state index contributed by atoms with van der Waals surface area (Å²) in [7, 11) is 0. The highest BCUT2D eigenvalue weighted by Gasteiger charge is 2.37. The molecule has 1 aromatic rings. The fraction of sp³-hybridized carbons (Fsp3) is 0.619. The quantitative estimate of drug-likeness (QED) is 0.790. The number of nitrogens with one attached hydrogen (secondary N) is 2. The van der Waals surface area contributed by atoms with Crippen LogP contribution in [-0.2, 0) is 9.59 Å². The number of rotatable bonds is 5. The number of benzene rings is 1. The predicted molar refractivity (Wildman–Crippen MR) is 105 cm³/mol. The highest BCUT2D eigenvalue weighted by Crippen LogP contribution is 2.25. The van der Waals surface area contributed by atoms with Crippen LogP contribution >= 0.6 is 0 Å². The lowest BCUT2D eigenvalue weighted by Gasteiger charge is -2.29. The third-order valence-corrected chi connectivity index (χ3v) is 5.67. The van der Waals surface area contributed by atoms with Crippen molar-refractivity contribution in [3.05, 3.63) is 24.3 Å². The van der Waals surface area contributed by atoms with E-state index in [0.717, 1.165) is 44.5 Å². The molecule has 2 N–H and O–H groups in total. The maximum atomic E-state index is 12.7. The number of carbonyl (C=O) groups is 2. The van der Waals surface area contributed by atoms with Crippen LogP contribution in [0, 0.1) is 5.41 Å². The van der Waals surface area contributed by atoms with Crippen LogP contribution in [0.3, 0.4) is 0 Å². The van der Waals surface area contributed by atoms with Crippen molar-refractivity contribution in [2.24, 2.45) is 5.41 Å². The van der Waals surface area contributed by atoms with Gasteiger partial charge in [-0.05, 0) is 70.2 Å². The molecule has 0 spiro atoms. The van der Waals surface area contributed by atoms with E-state index in [1.807, 2.05) is 24.3 Å². The van der Waals surface area contributed by atoms with Gasteiger partial charge >= 0.3 is 0 Å². The molecule has 0 radical (unpaired) electrons. The first-order chi connectivity index (χ1) is 12.5. The second kappa shape index (κ2) is 8.11. The van der Waals surface area contributed by atoms with Gasteiger partial charge in [0.25, 0.3) is 0 Å². The van der Waals surface area contributed by atoms with Gasteiger partial charge in [-0.25, -0.2) is 0 Å². The van der Waals surface area contributed by atoms with Gasteiger partial charge in [-0.1, -0.05) is 12.8 Å². The average Bonchev–Trinajstić information content (AvgIpc) is 3.16. The molecule has 0 unspecified atom stereocenters. The van der Waals surface area contributed by atoms with Gasteiger partial charge in [-0.2, -0.15) is 0 Å². The fourth-order valence-corrected chi connectivity index (χ4v) is 3.73. The lowest BCUT2D eigenvalue weighted by atomic mass is 9.90. The number of piperidine rings is 1. The Hall–Kier alpha value is -2.04. The summed E-state index contributed by atoms with van der Waals surface area (Å²) in [5.74, 6) is -0.453. The van der Waals surface area contributed by atoms with E-state index in [9.17, 15) is 9.59 Å². The van der Waals surface area contributed by atoms with Gasteiger partial charge in [0.15, 0.2) is 0 Å². The van der Waals surface area contributed by atoms with E-state index in [4.69, 9.17) is 0 Å². The fourth-order valence-electron chi connectivity index (χ4n) is 3.73. The van der Waals surface area contributed by atoms with E-state index in [0.29, 0.717) is 0 Å². The molecule has 26 heavy (non-hydrogen) atoms. The molecular formula is C21H31N3O2. The van der Waals surface area contributed by atoms with Crippen molar-refractivity contribution in [1.82, 2.24) is 5.32 Å². The molecule has 2 aliphatic rings. The van der Waals surface area contributed by atoms with Crippen LogP contribution in [0.25, 0.3) is 0 Å². The molecule has 1 aliphatic heterocycles. The molecule has 0 atom stereocenters. The molecule has 1 heterocycles. The van der Waals surface area contributed by atoms with Crippen LogP contribution in [0.1, 0.15) is 58.8 Å². The molecule has 2 amide bonds. The molecule has 1 aliphatic carbocycles. The van der Waals surface area contributed by atoms with Gasteiger partial charge in [0.2, 0.25) is 11.8 Å². The van der Waals surface area contributed by atoms with Crippen molar-refractivity contribution < 1.29 is 9.59 Å². The standard InChI is InChI=1S/C21H31N3O2/c1-21(2,19(25)22-16-8-4-5-9-16)20(26)23-17-10-12-18(13-11-17)24-14-6-3-7-15-24/h10-13,16H,3-9,14-15H2,1-2H3,(H,22,25)(H,23,26). The van der Waals surface area contributed by atoms with Crippen LogP contribution in [-0.4, -0.2) is 30.9 Å². The Labute approximate surface area is 156 Å². The zero-order valence-electron chi connectivity index (χ0n) is 16.0. The summed E-state index contributed by atoms with van der Waals surface area (Å²) < 4.78 is 0. The van der Waals surface area contributed by atoms with E-state index in [2.05, 4.69) is 15.5 Å². The smallest absolute Gasteiger partial charge is 0.239 e. The minimum Gasteiger partial charge on any atom is -0.372 e. The monoisotopic (exact) mass is 357 g/mol. The number of carbonyl (C=O) groups excluding carboxylic acids is 2. The molecule has 1 saturated carbocycles. The summed E-state index contributed by atoms with van der Waals surface area (Å²) in [6.45, 7) is 5.57. The van der Waals surface area contributed by atoms with Crippen molar-refractivity contribution in [1.29, 1.82) is 0 Å². The number of hydrogen-bond donors (Lipinski definition) is 2. The van der Waals surface area contributed by atoms with Crippen LogP contribution in [0.2, 0.25) is 0 Å². The Morgan fingerprint density at radius 3 is 2.15 bits per heavy atom. The van der Waals surface area contributed by atoms with E-state index < -0.39 is 5.41 Å². The van der Waals surface area contributed by atoms with E-state index >= 15 is 0 Å². The molecule has 1 saturated heterocycles. The van der Waals surface area contributed by atoms with Crippen molar-refractivity contribution in [3.8, 4) is 0 Å². The maximum Gasteiger partial charge on any atom is 0.239 e. The van der Waals surface area contributed by atoms with Gasteiger partial charge in [-0.15, -0.1) is 0 Å². The summed E-state index contributed by atoms with van der Waals surface area (Å²) >= 11 is 0. The number of amides is 2. The summed E-state index contributed by atoms with van der Waals surface area (Å²) in [4.78, 5) is 27.6. The highest BCUT2D eigenvalue weighted by atomic mass is 16.2. The lowest BCUT2D eigenvalue weighted by Crippen LogP contribution is -2.47. The van der Waals surface area contributed by atoms with Gasteiger partial charge in [0, 0.05) is 30.5 Å². The first-order valence-electron chi connectivity index (χ1n) is 9.94. The summed E-state index contributed by atoms with van der Waals surface area (Å²) in [6, 6.07) is 8.16. The summed E-state index contributed by atoms with van der Waals surface area (Å²) in [5, 5.41) is 5.93. The van der Waals surface area contributed by atoms with Gasteiger partial charge < -0.3 is 15.5 Å². The van der Waals surface area contributed by atoms with Gasteiger partial charge in [-0.3, -0.25) is 9.59 Å². The first-order valence-corrected chi connectivity index (χ1v) is 9.94. The van der Waals surface area contributed by atoms with Crippen LogP contribution < -0.4 is 15.5 Å². The Morgan fingerprint density at radius 1 is 0.923 bits per heavy atom. The van der Waals surface area contributed by atoms with E-state index in [1.165, 1.54) is 24.9 Å². The normalized spacial score (nSPS) is 18.6. The van der Waals surface area contributed by atoms with Crippen LogP contribution in [0.15, 0.2) is 24.3 Å². The number of hydrogen-bond acceptors (Lipinski definition) is 3. The summed E-state index contributed by atoms with van der Waals surface area (Å²) in [5.41, 5.74) is 0.840.